The van der Waals surface area contributed by atoms with E-state index in [1.807, 2.05) is 0 Å². The van der Waals surface area contributed by atoms with Crippen molar-refractivity contribution in [2.24, 2.45) is 22.7 Å². The van der Waals surface area contributed by atoms with Crippen molar-refractivity contribution in [3.05, 3.63) is 11.1 Å². The Bertz CT molecular complexity index is 366. The lowest BCUT2D eigenvalue weighted by molar-refractivity contribution is 0.174. The van der Waals surface area contributed by atoms with E-state index >= 15 is 0 Å². The highest BCUT2D eigenvalue weighted by molar-refractivity contribution is 5.39. The van der Waals surface area contributed by atoms with Crippen LogP contribution in [0.5, 0.6) is 0 Å². The van der Waals surface area contributed by atoms with Crippen LogP contribution in [-0.4, -0.2) is 11.2 Å². The SMILES string of the molecule is CC1=C2[C@H](O)C[C@H](C)[C@]23CC[C@@H](C3)C1(C)C. The van der Waals surface area contributed by atoms with Crippen LogP contribution in [0, 0.1) is 22.7 Å². The third kappa shape index (κ3) is 1.01. The van der Waals surface area contributed by atoms with Gasteiger partial charge in [0, 0.05) is 0 Å². The average Bonchev–Trinajstić information content (AvgIpc) is 2.69. The molecule has 0 saturated heterocycles. The van der Waals surface area contributed by atoms with Crippen molar-refractivity contribution >= 4 is 0 Å². The van der Waals surface area contributed by atoms with Crippen LogP contribution in [0.25, 0.3) is 0 Å². The first-order chi connectivity index (χ1) is 7.39. The van der Waals surface area contributed by atoms with Crippen molar-refractivity contribution in [3.63, 3.8) is 0 Å². The molecule has 1 N–H and O–H groups in total. The first-order valence-corrected chi connectivity index (χ1v) is 6.79. The van der Waals surface area contributed by atoms with E-state index in [-0.39, 0.29) is 6.10 Å². The van der Waals surface area contributed by atoms with Gasteiger partial charge in [0.25, 0.3) is 0 Å². The van der Waals surface area contributed by atoms with Crippen LogP contribution in [0.15, 0.2) is 11.1 Å². The predicted molar refractivity (Wildman–Crippen MR) is 66.0 cm³/mol. The fraction of sp³-hybridized carbons (Fsp3) is 0.867. The highest BCUT2D eigenvalue weighted by Crippen LogP contribution is 2.67. The van der Waals surface area contributed by atoms with Crippen molar-refractivity contribution < 1.29 is 5.11 Å². The second-order valence-electron chi connectivity index (χ2n) is 7.01. The van der Waals surface area contributed by atoms with E-state index in [4.69, 9.17) is 0 Å². The summed E-state index contributed by atoms with van der Waals surface area (Å²) in [6.45, 7) is 9.39. The van der Waals surface area contributed by atoms with Gasteiger partial charge in [-0.05, 0) is 60.8 Å². The molecule has 2 saturated carbocycles. The number of allylic oxidation sites excluding steroid dienone is 1. The molecule has 0 radical (unpaired) electrons. The quantitative estimate of drug-likeness (QED) is 0.619. The van der Waals surface area contributed by atoms with E-state index in [9.17, 15) is 5.11 Å². The molecule has 0 unspecified atom stereocenters. The van der Waals surface area contributed by atoms with Gasteiger partial charge < -0.3 is 5.11 Å². The predicted octanol–water partition coefficient (Wildman–Crippen LogP) is 3.53. The van der Waals surface area contributed by atoms with Crippen LogP contribution >= 0.6 is 0 Å². The zero-order valence-electron chi connectivity index (χ0n) is 11.0. The number of aliphatic hydroxyl groups excluding tert-OH is 1. The smallest absolute Gasteiger partial charge is 0.0761 e. The lowest BCUT2D eigenvalue weighted by Crippen LogP contribution is -2.36. The number of fused-ring (bicyclic) bond motifs is 1. The second kappa shape index (κ2) is 2.93. The van der Waals surface area contributed by atoms with Gasteiger partial charge in [-0.25, -0.2) is 0 Å². The maximum Gasteiger partial charge on any atom is 0.0761 e. The Kier molecular flexibility index (Phi) is 1.98. The Morgan fingerprint density at radius 1 is 1.31 bits per heavy atom. The maximum absolute atomic E-state index is 10.4. The van der Waals surface area contributed by atoms with Crippen LogP contribution in [-0.2, 0) is 0 Å². The topological polar surface area (TPSA) is 20.2 Å². The summed E-state index contributed by atoms with van der Waals surface area (Å²) in [5.74, 6) is 1.54. The largest absolute Gasteiger partial charge is 0.389 e. The summed E-state index contributed by atoms with van der Waals surface area (Å²) in [7, 11) is 0. The molecule has 0 aromatic carbocycles. The third-order valence-corrected chi connectivity index (χ3v) is 6.33. The van der Waals surface area contributed by atoms with Gasteiger partial charge in [-0.2, -0.15) is 0 Å². The first kappa shape index (κ1) is 10.8. The van der Waals surface area contributed by atoms with Gasteiger partial charge in [0.2, 0.25) is 0 Å². The molecule has 3 aliphatic rings. The van der Waals surface area contributed by atoms with E-state index in [0.29, 0.717) is 16.7 Å². The van der Waals surface area contributed by atoms with Gasteiger partial charge >= 0.3 is 0 Å². The molecule has 2 fully saturated rings. The summed E-state index contributed by atoms with van der Waals surface area (Å²) >= 11 is 0. The summed E-state index contributed by atoms with van der Waals surface area (Å²) in [4.78, 5) is 0. The number of rotatable bonds is 0. The third-order valence-electron chi connectivity index (χ3n) is 6.33. The Labute approximate surface area is 98.9 Å². The molecule has 2 bridgehead atoms. The van der Waals surface area contributed by atoms with Crippen LogP contribution in [0.1, 0.15) is 53.4 Å². The second-order valence-corrected chi connectivity index (χ2v) is 7.01. The van der Waals surface area contributed by atoms with Crippen LogP contribution in [0.4, 0.5) is 0 Å². The Hall–Kier alpha value is -0.300. The minimum atomic E-state index is -0.145. The minimum Gasteiger partial charge on any atom is -0.389 e. The molecule has 16 heavy (non-hydrogen) atoms. The first-order valence-electron chi connectivity index (χ1n) is 6.79. The molecule has 90 valence electrons. The minimum absolute atomic E-state index is 0.145. The van der Waals surface area contributed by atoms with Crippen LogP contribution in [0.3, 0.4) is 0 Å². The number of hydrogen-bond donors (Lipinski definition) is 1. The van der Waals surface area contributed by atoms with Crippen LogP contribution < -0.4 is 0 Å². The molecule has 1 heteroatoms. The van der Waals surface area contributed by atoms with Crippen molar-refractivity contribution in [3.8, 4) is 0 Å². The van der Waals surface area contributed by atoms with E-state index in [2.05, 4.69) is 27.7 Å². The molecule has 0 aliphatic heterocycles. The van der Waals surface area contributed by atoms with Crippen molar-refractivity contribution in [1.29, 1.82) is 0 Å². The molecule has 0 aromatic rings. The molecule has 3 aliphatic carbocycles. The summed E-state index contributed by atoms with van der Waals surface area (Å²) in [5, 5.41) is 10.4. The van der Waals surface area contributed by atoms with Crippen molar-refractivity contribution in [2.75, 3.05) is 0 Å². The summed E-state index contributed by atoms with van der Waals surface area (Å²) < 4.78 is 0. The average molecular weight is 220 g/mol. The standard InChI is InChI=1S/C15H24O/c1-9-7-12(16)13-10(2)14(3,4)11-5-6-15(9,13)8-11/h9,11-12,16H,5-8H2,1-4H3/t9-,11-,12+,15+/m0/s1. The fourth-order valence-corrected chi connectivity index (χ4v) is 4.94. The summed E-state index contributed by atoms with van der Waals surface area (Å²) in [6, 6.07) is 0. The Balaban J connectivity index is 2.21. The van der Waals surface area contributed by atoms with E-state index < -0.39 is 0 Å². The molecule has 4 atom stereocenters. The normalized spacial score (nSPS) is 49.7. The highest BCUT2D eigenvalue weighted by atomic mass is 16.3. The zero-order chi connectivity index (χ0) is 11.7. The van der Waals surface area contributed by atoms with Crippen molar-refractivity contribution in [2.45, 2.75) is 59.5 Å². The van der Waals surface area contributed by atoms with Gasteiger partial charge in [0.15, 0.2) is 0 Å². The van der Waals surface area contributed by atoms with Gasteiger partial charge in [0.1, 0.15) is 0 Å². The fourth-order valence-electron chi connectivity index (χ4n) is 4.94. The molecular formula is C15H24O. The molecule has 0 aromatic heterocycles. The zero-order valence-corrected chi connectivity index (χ0v) is 11.0. The molecule has 0 heterocycles. The van der Waals surface area contributed by atoms with Gasteiger partial charge in [-0.15, -0.1) is 0 Å². The summed E-state index contributed by atoms with van der Waals surface area (Å²) in [5.41, 5.74) is 3.67. The monoisotopic (exact) mass is 220 g/mol. The lowest BCUT2D eigenvalue weighted by Gasteiger charge is -2.44. The van der Waals surface area contributed by atoms with Gasteiger partial charge in [0.05, 0.1) is 6.10 Å². The molecule has 0 amide bonds. The van der Waals surface area contributed by atoms with E-state index in [1.54, 1.807) is 0 Å². The van der Waals surface area contributed by atoms with Crippen LogP contribution in [0.2, 0.25) is 0 Å². The lowest BCUT2D eigenvalue weighted by atomic mass is 9.60. The van der Waals surface area contributed by atoms with E-state index in [0.717, 1.165) is 12.3 Å². The maximum atomic E-state index is 10.4. The Morgan fingerprint density at radius 2 is 2.00 bits per heavy atom. The van der Waals surface area contributed by atoms with Crippen molar-refractivity contribution in [1.82, 2.24) is 0 Å². The molecule has 3 rings (SSSR count). The van der Waals surface area contributed by atoms with E-state index in [1.165, 1.54) is 30.4 Å². The highest BCUT2D eigenvalue weighted by Gasteiger charge is 2.59. The molecule has 1 nitrogen and oxygen atoms in total. The Morgan fingerprint density at radius 3 is 2.69 bits per heavy atom. The number of aliphatic hydroxyl groups is 1. The number of hydrogen-bond acceptors (Lipinski definition) is 1. The summed E-state index contributed by atoms with van der Waals surface area (Å²) in [6.07, 6.45) is 4.88. The van der Waals surface area contributed by atoms with Gasteiger partial charge in [-0.3, -0.25) is 0 Å². The molecule has 1 spiro atoms. The van der Waals surface area contributed by atoms with Gasteiger partial charge in [-0.1, -0.05) is 26.3 Å². The molecular weight excluding hydrogens is 196 g/mol.